The van der Waals surface area contributed by atoms with Crippen molar-refractivity contribution in [3.05, 3.63) is 29.8 Å². The van der Waals surface area contributed by atoms with Crippen molar-refractivity contribution in [3.8, 4) is 5.75 Å². The summed E-state index contributed by atoms with van der Waals surface area (Å²) in [5, 5.41) is 9.60. The third-order valence-electron chi connectivity index (χ3n) is 2.78. The Morgan fingerprint density at radius 3 is 2.76 bits per heavy atom. The third kappa shape index (κ3) is 5.73. The summed E-state index contributed by atoms with van der Waals surface area (Å²) in [6.45, 7) is 4.65. The predicted octanol–water partition coefficient (Wildman–Crippen LogP) is 3.57. The first kappa shape index (κ1) is 14.0. The summed E-state index contributed by atoms with van der Waals surface area (Å²) in [4.78, 5) is 0. The molecule has 1 rings (SSSR count). The second kappa shape index (κ2) is 8.13. The smallest absolute Gasteiger partial charge is 0.119 e. The Kier molecular flexibility index (Phi) is 6.71. The molecule has 0 saturated carbocycles. The van der Waals surface area contributed by atoms with Crippen LogP contribution in [0.15, 0.2) is 24.3 Å². The molecule has 1 N–H and O–H groups in total. The van der Waals surface area contributed by atoms with Crippen molar-refractivity contribution in [2.75, 3.05) is 6.61 Å². The van der Waals surface area contributed by atoms with Crippen LogP contribution < -0.4 is 4.74 Å². The molecule has 1 atom stereocenters. The molecule has 0 aliphatic heterocycles. The standard InChI is InChI=1S/C15H24O2/c1-3-5-8-13-9-6-10-15(11-13)17-12-14(16)7-4-2/h6,9-11,14,16H,3-5,7-8,12H2,1-2H3. The number of unbranched alkanes of at least 4 members (excludes halogenated alkanes) is 1. The summed E-state index contributed by atoms with van der Waals surface area (Å²) >= 11 is 0. The Labute approximate surface area is 105 Å². The molecule has 2 nitrogen and oxygen atoms in total. The van der Waals surface area contributed by atoms with E-state index < -0.39 is 0 Å². The van der Waals surface area contributed by atoms with Crippen molar-refractivity contribution in [2.45, 2.75) is 52.1 Å². The van der Waals surface area contributed by atoms with Crippen LogP contribution in [0.1, 0.15) is 45.1 Å². The zero-order chi connectivity index (χ0) is 12.5. The van der Waals surface area contributed by atoms with Crippen LogP contribution in [0.5, 0.6) is 5.75 Å². The monoisotopic (exact) mass is 236 g/mol. The summed E-state index contributed by atoms with van der Waals surface area (Å²) in [7, 11) is 0. The van der Waals surface area contributed by atoms with Crippen molar-refractivity contribution >= 4 is 0 Å². The highest BCUT2D eigenvalue weighted by atomic mass is 16.5. The lowest BCUT2D eigenvalue weighted by atomic mass is 10.1. The summed E-state index contributed by atoms with van der Waals surface area (Å²) < 4.78 is 5.59. The molecular weight excluding hydrogens is 212 g/mol. The van der Waals surface area contributed by atoms with Gasteiger partial charge in [-0.15, -0.1) is 0 Å². The van der Waals surface area contributed by atoms with Gasteiger partial charge in [0.05, 0.1) is 6.10 Å². The van der Waals surface area contributed by atoms with E-state index in [4.69, 9.17) is 4.74 Å². The molecule has 2 heteroatoms. The first-order chi connectivity index (χ1) is 8.26. The van der Waals surface area contributed by atoms with Gasteiger partial charge in [0.1, 0.15) is 12.4 Å². The summed E-state index contributed by atoms with van der Waals surface area (Å²) in [6, 6.07) is 8.18. The van der Waals surface area contributed by atoms with Crippen LogP contribution in [0.4, 0.5) is 0 Å². The Balaban J connectivity index is 2.42. The fraction of sp³-hybridized carbons (Fsp3) is 0.600. The van der Waals surface area contributed by atoms with Gasteiger partial charge in [0.25, 0.3) is 0 Å². The number of hydrogen-bond donors (Lipinski definition) is 1. The summed E-state index contributed by atoms with van der Waals surface area (Å²) in [6.07, 6.45) is 4.96. The Morgan fingerprint density at radius 2 is 2.06 bits per heavy atom. The molecule has 0 heterocycles. The van der Waals surface area contributed by atoms with Crippen LogP contribution in [0, 0.1) is 0 Å². The molecule has 0 saturated heterocycles. The van der Waals surface area contributed by atoms with Gasteiger partial charge < -0.3 is 9.84 Å². The number of aryl methyl sites for hydroxylation is 1. The van der Waals surface area contributed by atoms with Gasteiger partial charge in [0.2, 0.25) is 0 Å². The molecule has 0 aromatic heterocycles. The van der Waals surface area contributed by atoms with Gasteiger partial charge in [0.15, 0.2) is 0 Å². The second-order valence-electron chi connectivity index (χ2n) is 4.50. The maximum Gasteiger partial charge on any atom is 0.119 e. The van der Waals surface area contributed by atoms with Gasteiger partial charge in [-0.2, -0.15) is 0 Å². The van der Waals surface area contributed by atoms with E-state index in [9.17, 15) is 5.11 Å². The van der Waals surface area contributed by atoms with E-state index in [1.165, 1.54) is 18.4 Å². The van der Waals surface area contributed by atoms with Crippen LogP contribution in [0.25, 0.3) is 0 Å². The first-order valence-electron chi connectivity index (χ1n) is 6.66. The first-order valence-corrected chi connectivity index (χ1v) is 6.66. The highest BCUT2D eigenvalue weighted by molar-refractivity contribution is 5.28. The van der Waals surface area contributed by atoms with Crippen molar-refractivity contribution in [3.63, 3.8) is 0 Å². The normalized spacial score (nSPS) is 12.4. The topological polar surface area (TPSA) is 29.5 Å². The molecule has 1 unspecified atom stereocenters. The van der Waals surface area contributed by atoms with E-state index in [2.05, 4.69) is 26.0 Å². The van der Waals surface area contributed by atoms with Crippen LogP contribution in [0.3, 0.4) is 0 Å². The third-order valence-corrected chi connectivity index (χ3v) is 2.78. The highest BCUT2D eigenvalue weighted by Gasteiger charge is 2.04. The number of aliphatic hydroxyl groups excluding tert-OH is 1. The average Bonchev–Trinajstić information content (AvgIpc) is 2.35. The molecule has 17 heavy (non-hydrogen) atoms. The molecule has 1 aromatic carbocycles. The van der Waals surface area contributed by atoms with E-state index in [1.807, 2.05) is 12.1 Å². The molecule has 0 amide bonds. The second-order valence-corrected chi connectivity index (χ2v) is 4.50. The molecule has 0 spiro atoms. The van der Waals surface area contributed by atoms with E-state index in [0.29, 0.717) is 6.61 Å². The largest absolute Gasteiger partial charge is 0.491 e. The lowest BCUT2D eigenvalue weighted by Crippen LogP contribution is -2.16. The number of hydrogen-bond acceptors (Lipinski definition) is 2. The van der Waals surface area contributed by atoms with Crippen molar-refractivity contribution in [1.82, 2.24) is 0 Å². The van der Waals surface area contributed by atoms with Crippen LogP contribution >= 0.6 is 0 Å². The molecule has 0 fully saturated rings. The van der Waals surface area contributed by atoms with Gasteiger partial charge in [-0.25, -0.2) is 0 Å². The number of benzene rings is 1. The lowest BCUT2D eigenvalue weighted by Gasteiger charge is -2.12. The molecule has 0 aliphatic rings. The summed E-state index contributed by atoms with van der Waals surface area (Å²) in [5.74, 6) is 0.869. The Hall–Kier alpha value is -1.02. The van der Waals surface area contributed by atoms with Crippen LogP contribution in [-0.4, -0.2) is 17.8 Å². The minimum atomic E-state index is -0.348. The van der Waals surface area contributed by atoms with E-state index in [1.54, 1.807) is 0 Å². The van der Waals surface area contributed by atoms with E-state index in [0.717, 1.165) is 25.0 Å². The fourth-order valence-electron chi connectivity index (χ4n) is 1.78. The maximum atomic E-state index is 9.60. The van der Waals surface area contributed by atoms with Gasteiger partial charge in [-0.3, -0.25) is 0 Å². The average molecular weight is 236 g/mol. The van der Waals surface area contributed by atoms with E-state index >= 15 is 0 Å². The lowest BCUT2D eigenvalue weighted by molar-refractivity contribution is 0.0993. The Morgan fingerprint density at radius 1 is 1.24 bits per heavy atom. The van der Waals surface area contributed by atoms with Crippen molar-refractivity contribution in [2.24, 2.45) is 0 Å². The SMILES string of the molecule is CCCCc1cccc(OCC(O)CCC)c1. The zero-order valence-corrected chi connectivity index (χ0v) is 11.0. The van der Waals surface area contributed by atoms with Crippen LogP contribution in [-0.2, 0) is 6.42 Å². The van der Waals surface area contributed by atoms with Gasteiger partial charge in [-0.05, 0) is 37.0 Å². The highest BCUT2D eigenvalue weighted by Crippen LogP contribution is 2.15. The van der Waals surface area contributed by atoms with Gasteiger partial charge in [-0.1, -0.05) is 38.8 Å². The number of rotatable bonds is 8. The molecular formula is C15H24O2. The molecule has 0 radical (unpaired) electrons. The molecule has 1 aromatic rings. The van der Waals surface area contributed by atoms with Crippen molar-refractivity contribution < 1.29 is 9.84 Å². The predicted molar refractivity (Wildman–Crippen MR) is 71.5 cm³/mol. The number of aliphatic hydroxyl groups is 1. The number of ether oxygens (including phenoxy) is 1. The Bertz CT molecular complexity index is 310. The fourth-order valence-corrected chi connectivity index (χ4v) is 1.78. The molecule has 0 bridgehead atoms. The summed E-state index contributed by atoms with van der Waals surface area (Å²) in [5.41, 5.74) is 1.31. The van der Waals surface area contributed by atoms with Gasteiger partial charge >= 0.3 is 0 Å². The van der Waals surface area contributed by atoms with Crippen LogP contribution in [0.2, 0.25) is 0 Å². The minimum absolute atomic E-state index is 0.348. The maximum absolute atomic E-state index is 9.60. The zero-order valence-electron chi connectivity index (χ0n) is 11.0. The van der Waals surface area contributed by atoms with Crippen molar-refractivity contribution in [1.29, 1.82) is 0 Å². The molecule has 0 aliphatic carbocycles. The van der Waals surface area contributed by atoms with E-state index in [-0.39, 0.29) is 6.10 Å². The minimum Gasteiger partial charge on any atom is -0.491 e. The molecule has 96 valence electrons. The van der Waals surface area contributed by atoms with Gasteiger partial charge in [0, 0.05) is 0 Å². The quantitative estimate of drug-likeness (QED) is 0.747.